The van der Waals surface area contributed by atoms with Crippen LogP contribution in [0.3, 0.4) is 0 Å². The molecule has 0 spiro atoms. The summed E-state index contributed by atoms with van der Waals surface area (Å²) in [4.78, 5) is 25.9. The Balaban J connectivity index is 1.99. The second-order valence-corrected chi connectivity index (χ2v) is 8.25. The molecular formula is C27H28F2N4O4. The third-order valence-corrected chi connectivity index (χ3v) is 5.72. The zero-order valence-corrected chi connectivity index (χ0v) is 20.2. The minimum atomic E-state index is -1.71. The van der Waals surface area contributed by atoms with Crippen molar-refractivity contribution in [1.29, 1.82) is 5.41 Å². The van der Waals surface area contributed by atoms with Crippen LogP contribution in [-0.4, -0.2) is 40.9 Å². The zero-order valence-electron chi connectivity index (χ0n) is 20.2. The molecule has 1 unspecified atom stereocenters. The van der Waals surface area contributed by atoms with E-state index in [1.165, 1.54) is 0 Å². The third-order valence-electron chi connectivity index (χ3n) is 5.72. The maximum Gasteiger partial charge on any atom is 0.323 e. The first-order valence-electron chi connectivity index (χ1n) is 11.5. The average Bonchev–Trinajstić information content (AvgIpc) is 2.87. The zero-order chi connectivity index (χ0) is 27.1. The number of carboxylic acids is 1. The number of halogens is 2. The number of carboxylic acid groups (broad SMARTS) is 1. The lowest BCUT2D eigenvalue weighted by molar-refractivity contribution is -0.151. The number of nitrogens with one attached hydrogen (secondary N) is 1. The highest BCUT2D eigenvalue weighted by Crippen LogP contribution is 2.32. The molecule has 3 aromatic carbocycles. The van der Waals surface area contributed by atoms with Crippen LogP contribution < -0.4 is 11.5 Å². The Kier molecular flexibility index (Phi) is 9.05. The molecule has 0 fully saturated rings. The molecular weight excluding hydrogens is 482 g/mol. The molecule has 0 saturated carbocycles. The van der Waals surface area contributed by atoms with E-state index in [2.05, 4.69) is 0 Å². The number of aliphatic carboxylic acids is 1. The van der Waals surface area contributed by atoms with Crippen LogP contribution in [0.2, 0.25) is 0 Å². The van der Waals surface area contributed by atoms with Gasteiger partial charge in [-0.3, -0.25) is 15.0 Å². The Labute approximate surface area is 213 Å². The van der Waals surface area contributed by atoms with Crippen LogP contribution in [0.15, 0.2) is 60.7 Å². The number of benzene rings is 3. The van der Waals surface area contributed by atoms with Crippen molar-refractivity contribution in [1.82, 2.24) is 4.90 Å². The Morgan fingerprint density at radius 2 is 1.70 bits per heavy atom. The van der Waals surface area contributed by atoms with E-state index in [0.29, 0.717) is 22.3 Å². The van der Waals surface area contributed by atoms with Gasteiger partial charge in [-0.1, -0.05) is 48.5 Å². The maximum absolute atomic E-state index is 15.4. The summed E-state index contributed by atoms with van der Waals surface area (Å²) < 4.78 is 36.2. The predicted molar refractivity (Wildman–Crippen MR) is 135 cm³/mol. The first-order chi connectivity index (χ1) is 17.7. The van der Waals surface area contributed by atoms with Gasteiger partial charge in [-0.05, 0) is 41.3 Å². The lowest BCUT2D eigenvalue weighted by Gasteiger charge is -2.27. The minimum Gasteiger partial charge on any atom is -0.480 e. The number of amides is 1. The summed E-state index contributed by atoms with van der Waals surface area (Å²) in [5.74, 6) is -4.37. The summed E-state index contributed by atoms with van der Waals surface area (Å²) in [7, 11) is 0. The highest BCUT2D eigenvalue weighted by Gasteiger charge is 2.33. The molecule has 1 atom stereocenters. The normalized spacial score (nSPS) is 11.7. The number of carbonyl (C=O) groups excluding carboxylic acids is 1. The highest BCUT2D eigenvalue weighted by atomic mass is 19.1. The number of hydrogen-bond donors (Lipinski definition) is 4. The first-order valence-corrected chi connectivity index (χ1v) is 11.5. The predicted octanol–water partition coefficient (Wildman–Crippen LogP) is 3.57. The molecule has 0 aliphatic carbocycles. The SMILES string of the molecule is CCOC(C(=O)N(CC(=O)O)Cc1ccc(C(=N)N)cc1)c1c(F)cc(-c2ccccc2CN)cc1F. The van der Waals surface area contributed by atoms with Crippen molar-refractivity contribution in [3.05, 3.63) is 94.6 Å². The number of hydrogen-bond acceptors (Lipinski definition) is 5. The highest BCUT2D eigenvalue weighted by molar-refractivity contribution is 5.94. The van der Waals surface area contributed by atoms with Gasteiger partial charge in [-0.2, -0.15) is 0 Å². The van der Waals surface area contributed by atoms with Crippen LogP contribution >= 0.6 is 0 Å². The molecule has 3 aromatic rings. The van der Waals surface area contributed by atoms with E-state index in [1.54, 1.807) is 55.5 Å². The van der Waals surface area contributed by atoms with E-state index in [9.17, 15) is 14.7 Å². The number of nitrogen functional groups attached to an aromatic ring is 1. The van der Waals surface area contributed by atoms with Crippen molar-refractivity contribution < 1.29 is 28.2 Å². The van der Waals surface area contributed by atoms with Crippen LogP contribution in [0.4, 0.5) is 8.78 Å². The fourth-order valence-corrected chi connectivity index (χ4v) is 3.97. The summed E-state index contributed by atoms with van der Waals surface area (Å²) in [5, 5.41) is 16.9. The molecule has 0 saturated heterocycles. The summed E-state index contributed by atoms with van der Waals surface area (Å²) >= 11 is 0. The molecule has 0 heterocycles. The average molecular weight is 511 g/mol. The molecule has 1 amide bonds. The van der Waals surface area contributed by atoms with Crippen molar-refractivity contribution in [2.75, 3.05) is 13.2 Å². The van der Waals surface area contributed by atoms with E-state index in [-0.39, 0.29) is 31.1 Å². The van der Waals surface area contributed by atoms with Crippen LogP contribution in [0, 0.1) is 17.0 Å². The van der Waals surface area contributed by atoms with Crippen molar-refractivity contribution >= 4 is 17.7 Å². The molecule has 6 N–H and O–H groups in total. The van der Waals surface area contributed by atoms with Crippen molar-refractivity contribution in [2.24, 2.45) is 11.5 Å². The smallest absolute Gasteiger partial charge is 0.323 e. The lowest BCUT2D eigenvalue weighted by Crippen LogP contribution is -2.39. The Morgan fingerprint density at radius 1 is 1.08 bits per heavy atom. The quantitative estimate of drug-likeness (QED) is 0.229. The number of amidine groups is 1. The Bertz CT molecular complexity index is 1270. The van der Waals surface area contributed by atoms with E-state index < -0.39 is 41.7 Å². The lowest BCUT2D eigenvalue weighted by atomic mass is 9.96. The van der Waals surface area contributed by atoms with Crippen LogP contribution in [-0.2, 0) is 27.4 Å². The molecule has 194 valence electrons. The second kappa shape index (κ2) is 12.2. The van der Waals surface area contributed by atoms with E-state index in [1.807, 2.05) is 0 Å². The number of nitrogens with two attached hydrogens (primary N) is 2. The Morgan fingerprint density at radius 3 is 2.24 bits per heavy atom. The topological polar surface area (TPSA) is 143 Å². The molecule has 8 nitrogen and oxygen atoms in total. The minimum absolute atomic E-state index is 0.0543. The van der Waals surface area contributed by atoms with Gasteiger partial charge < -0.3 is 26.2 Å². The standard InChI is InChI=1S/C27H28F2N4O4/c1-2-37-25(24-21(28)11-19(12-22(24)29)20-6-4-3-5-18(20)13-30)27(36)33(15-23(34)35)14-16-7-9-17(10-8-16)26(31)32/h3-12,25H,2,13-15,30H2,1H3,(H3,31,32)(H,34,35). The van der Waals surface area contributed by atoms with Gasteiger partial charge in [-0.25, -0.2) is 8.78 Å². The van der Waals surface area contributed by atoms with Gasteiger partial charge in [0.25, 0.3) is 5.91 Å². The molecule has 3 rings (SSSR count). The maximum atomic E-state index is 15.4. The number of carbonyl (C=O) groups is 2. The van der Waals surface area contributed by atoms with Gasteiger partial charge >= 0.3 is 5.97 Å². The fourth-order valence-electron chi connectivity index (χ4n) is 3.97. The summed E-state index contributed by atoms with van der Waals surface area (Å²) in [6.45, 7) is 0.782. The summed E-state index contributed by atoms with van der Waals surface area (Å²) in [6.07, 6.45) is -1.71. The van der Waals surface area contributed by atoms with E-state index in [0.717, 1.165) is 17.0 Å². The van der Waals surface area contributed by atoms with Crippen molar-refractivity contribution in [3.63, 3.8) is 0 Å². The van der Waals surface area contributed by atoms with Gasteiger partial charge in [0.1, 0.15) is 24.0 Å². The molecule has 0 aromatic heterocycles. The van der Waals surface area contributed by atoms with Crippen molar-refractivity contribution in [2.45, 2.75) is 26.1 Å². The van der Waals surface area contributed by atoms with Gasteiger partial charge in [0, 0.05) is 25.3 Å². The fraction of sp³-hybridized carbons (Fsp3) is 0.222. The van der Waals surface area contributed by atoms with Gasteiger partial charge in [0.2, 0.25) is 0 Å². The van der Waals surface area contributed by atoms with Crippen LogP contribution in [0.1, 0.15) is 35.3 Å². The molecule has 37 heavy (non-hydrogen) atoms. The van der Waals surface area contributed by atoms with Crippen LogP contribution in [0.5, 0.6) is 0 Å². The van der Waals surface area contributed by atoms with Crippen molar-refractivity contribution in [3.8, 4) is 11.1 Å². The molecule has 10 heteroatoms. The van der Waals surface area contributed by atoms with E-state index in [4.69, 9.17) is 21.6 Å². The molecule has 0 aliphatic rings. The molecule has 0 radical (unpaired) electrons. The molecule has 0 aliphatic heterocycles. The third kappa shape index (κ3) is 6.54. The largest absolute Gasteiger partial charge is 0.480 e. The monoisotopic (exact) mass is 510 g/mol. The number of nitrogens with zero attached hydrogens (tertiary/aromatic N) is 1. The van der Waals surface area contributed by atoms with Gasteiger partial charge in [0.15, 0.2) is 6.10 Å². The van der Waals surface area contributed by atoms with Gasteiger partial charge in [-0.15, -0.1) is 0 Å². The number of ether oxygens (including phenoxy) is 1. The van der Waals surface area contributed by atoms with Crippen LogP contribution in [0.25, 0.3) is 11.1 Å². The summed E-state index contributed by atoms with van der Waals surface area (Å²) in [5.41, 5.74) is 13.1. The first kappa shape index (κ1) is 27.4. The molecule has 0 bridgehead atoms. The Hall–Kier alpha value is -4.15. The summed E-state index contributed by atoms with van der Waals surface area (Å²) in [6, 6.07) is 15.4. The second-order valence-electron chi connectivity index (χ2n) is 8.25. The van der Waals surface area contributed by atoms with Gasteiger partial charge in [0.05, 0.1) is 5.56 Å². The number of rotatable bonds is 11. The van der Waals surface area contributed by atoms with E-state index >= 15 is 8.78 Å².